The molecule has 0 unspecified atom stereocenters. The molecule has 0 N–H and O–H groups in total. The van der Waals surface area contributed by atoms with Gasteiger partial charge in [0.05, 0.1) is 24.1 Å². The number of hydrogen-bond donors (Lipinski definition) is 0. The Balaban J connectivity index is 1.98. The summed E-state index contributed by atoms with van der Waals surface area (Å²) < 4.78 is 13.3. The van der Waals surface area contributed by atoms with Crippen LogP contribution in [0, 0.1) is 0 Å². The number of benzene rings is 1. The number of nitrogens with zero attached hydrogens (tertiary/aromatic N) is 3. The highest BCUT2D eigenvalue weighted by molar-refractivity contribution is 6.01. The molecule has 1 fully saturated rings. The number of ether oxygens (including phenoxy) is 2. The molecule has 3 aromatic rings. The SMILES string of the molecule is CCOC(=O)c1cc(-c2ccc(C=O)cc2)c2c(OC(C)C)nn(C3CCCCC3)c2n1. The zero-order valence-corrected chi connectivity index (χ0v) is 18.8. The molecule has 1 aliphatic carbocycles. The summed E-state index contributed by atoms with van der Waals surface area (Å²) in [6, 6.07) is 9.19. The monoisotopic (exact) mass is 435 g/mol. The van der Waals surface area contributed by atoms with Gasteiger partial charge in [-0.1, -0.05) is 43.5 Å². The lowest BCUT2D eigenvalue weighted by Crippen LogP contribution is -2.16. The Labute approximate surface area is 187 Å². The molecule has 0 aliphatic heterocycles. The second kappa shape index (κ2) is 9.51. The van der Waals surface area contributed by atoms with Gasteiger partial charge in [-0.2, -0.15) is 0 Å². The molecular formula is C25H29N3O4. The van der Waals surface area contributed by atoms with E-state index in [9.17, 15) is 9.59 Å². The average Bonchev–Trinajstić information content (AvgIpc) is 3.17. The van der Waals surface area contributed by atoms with Crippen LogP contribution in [0.25, 0.3) is 22.2 Å². The molecular weight excluding hydrogens is 406 g/mol. The summed E-state index contributed by atoms with van der Waals surface area (Å²) in [6.45, 7) is 5.97. The topological polar surface area (TPSA) is 83.3 Å². The van der Waals surface area contributed by atoms with Crippen molar-refractivity contribution >= 4 is 23.3 Å². The molecule has 7 heteroatoms. The van der Waals surface area contributed by atoms with Crippen LogP contribution in [0.5, 0.6) is 5.88 Å². The molecule has 168 valence electrons. The summed E-state index contributed by atoms with van der Waals surface area (Å²) in [5.41, 5.74) is 3.09. The van der Waals surface area contributed by atoms with E-state index in [0.29, 0.717) is 17.1 Å². The molecule has 0 saturated heterocycles. The van der Waals surface area contributed by atoms with Gasteiger partial charge in [0.2, 0.25) is 5.88 Å². The third kappa shape index (κ3) is 4.38. The van der Waals surface area contributed by atoms with Crippen molar-refractivity contribution in [2.24, 2.45) is 0 Å². The second-order valence-corrected chi connectivity index (χ2v) is 8.42. The Bertz CT molecular complexity index is 1110. The molecule has 0 radical (unpaired) electrons. The van der Waals surface area contributed by atoms with Gasteiger partial charge in [-0.05, 0) is 45.2 Å². The van der Waals surface area contributed by atoms with Crippen LogP contribution in [0.3, 0.4) is 0 Å². The smallest absolute Gasteiger partial charge is 0.357 e. The van der Waals surface area contributed by atoms with E-state index in [1.165, 1.54) is 6.42 Å². The Morgan fingerprint density at radius 2 is 1.91 bits per heavy atom. The van der Waals surface area contributed by atoms with Crippen LogP contribution in [0.15, 0.2) is 30.3 Å². The summed E-state index contributed by atoms with van der Waals surface area (Å²) >= 11 is 0. The van der Waals surface area contributed by atoms with Crippen molar-refractivity contribution in [2.75, 3.05) is 6.61 Å². The van der Waals surface area contributed by atoms with Gasteiger partial charge >= 0.3 is 5.97 Å². The quantitative estimate of drug-likeness (QED) is 0.366. The fourth-order valence-electron chi connectivity index (χ4n) is 4.27. The summed E-state index contributed by atoms with van der Waals surface area (Å²) in [5.74, 6) is 0.0424. The Kier molecular flexibility index (Phi) is 6.53. The largest absolute Gasteiger partial charge is 0.473 e. The van der Waals surface area contributed by atoms with Crippen LogP contribution in [0.1, 0.15) is 79.8 Å². The third-order valence-electron chi connectivity index (χ3n) is 5.74. The first-order valence-corrected chi connectivity index (χ1v) is 11.3. The number of esters is 1. The van der Waals surface area contributed by atoms with Gasteiger partial charge in [0.1, 0.15) is 6.29 Å². The number of pyridine rings is 1. The van der Waals surface area contributed by atoms with Crippen LogP contribution in [-0.2, 0) is 4.74 Å². The second-order valence-electron chi connectivity index (χ2n) is 8.42. The molecule has 7 nitrogen and oxygen atoms in total. The fourth-order valence-corrected chi connectivity index (χ4v) is 4.27. The number of carbonyl (C=O) groups excluding carboxylic acids is 2. The molecule has 0 amide bonds. The molecule has 0 spiro atoms. The van der Waals surface area contributed by atoms with Crippen molar-refractivity contribution < 1.29 is 19.1 Å². The highest BCUT2D eigenvalue weighted by Gasteiger charge is 2.27. The molecule has 0 atom stereocenters. The molecule has 2 aromatic heterocycles. The Morgan fingerprint density at radius 3 is 2.53 bits per heavy atom. The van der Waals surface area contributed by atoms with Gasteiger partial charge in [0.25, 0.3) is 0 Å². The van der Waals surface area contributed by atoms with Crippen molar-refractivity contribution in [1.29, 1.82) is 0 Å². The lowest BCUT2D eigenvalue weighted by atomic mass is 9.95. The van der Waals surface area contributed by atoms with Crippen molar-refractivity contribution in [1.82, 2.24) is 14.8 Å². The minimum atomic E-state index is -0.470. The summed E-state index contributed by atoms with van der Waals surface area (Å²) in [7, 11) is 0. The van der Waals surface area contributed by atoms with Gasteiger partial charge in [0, 0.05) is 11.1 Å². The van der Waals surface area contributed by atoms with Crippen LogP contribution in [-0.4, -0.2) is 39.7 Å². The highest BCUT2D eigenvalue weighted by Crippen LogP contribution is 2.39. The molecule has 1 aliphatic rings. The summed E-state index contributed by atoms with van der Waals surface area (Å²) in [4.78, 5) is 28.5. The first kappa shape index (κ1) is 22.0. The number of rotatable bonds is 7. The fraction of sp³-hybridized carbons (Fsp3) is 0.440. The molecule has 32 heavy (non-hydrogen) atoms. The normalized spacial score (nSPS) is 14.6. The highest BCUT2D eigenvalue weighted by atomic mass is 16.5. The van der Waals surface area contributed by atoms with Crippen LogP contribution >= 0.6 is 0 Å². The lowest BCUT2D eigenvalue weighted by Gasteiger charge is -2.22. The van der Waals surface area contributed by atoms with Crippen LogP contribution in [0.2, 0.25) is 0 Å². The first-order valence-electron chi connectivity index (χ1n) is 11.3. The van der Waals surface area contributed by atoms with Crippen LogP contribution in [0.4, 0.5) is 0 Å². The molecule has 1 saturated carbocycles. The average molecular weight is 436 g/mol. The maximum absolute atomic E-state index is 12.7. The van der Waals surface area contributed by atoms with E-state index in [0.717, 1.165) is 48.5 Å². The molecule has 0 bridgehead atoms. The van der Waals surface area contributed by atoms with Gasteiger partial charge in [-0.25, -0.2) is 14.5 Å². The standard InChI is InChI=1S/C25H29N3O4/c1-4-31-25(30)21-14-20(18-12-10-17(15-29)11-13-18)22-23(26-21)28(19-8-6-5-7-9-19)27-24(22)32-16(2)3/h10-16,19H,4-9H2,1-3H3. The molecule has 4 rings (SSSR count). The van der Waals surface area contributed by atoms with Crippen molar-refractivity contribution in [3.05, 3.63) is 41.6 Å². The van der Waals surface area contributed by atoms with Crippen molar-refractivity contribution in [3.63, 3.8) is 0 Å². The number of aromatic nitrogens is 3. The zero-order valence-electron chi connectivity index (χ0n) is 18.8. The zero-order chi connectivity index (χ0) is 22.7. The maximum atomic E-state index is 12.7. The Hall–Kier alpha value is -3.22. The first-order chi connectivity index (χ1) is 15.5. The van der Waals surface area contributed by atoms with Gasteiger partial charge in [-0.3, -0.25) is 4.79 Å². The molecule has 2 heterocycles. The predicted octanol–water partition coefficient (Wildman–Crippen LogP) is 5.38. The summed E-state index contributed by atoms with van der Waals surface area (Å²) in [6.07, 6.45) is 6.29. The lowest BCUT2D eigenvalue weighted by molar-refractivity contribution is 0.0519. The van der Waals surface area contributed by atoms with E-state index in [1.807, 2.05) is 30.7 Å². The van der Waals surface area contributed by atoms with Crippen LogP contribution < -0.4 is 4.74 Å². The van der Waals surface area contributed by atoms with E-state index in [1.54, 1.807) is 25.1 Å². The third-order valence-corrected chi connectivity index (χ3v) is 5.74. The number of fused-ring (bicyclic) bond motifs is 1. The number of hydrogen-bond acceptors (Lipinski definition) is 6. The van der Waals surface area contributed by atoms with E-state index < -0.39 is 5.97 Å². The molecule has 1 aromatic carbocycles. The van der Waals surface area contributed by atoms with E-state index >= 15 is 0 Å². The Morgan fingerprint density at radius 1 is 1.19 bits per heavy atom. The maximum Gasteiger partial charge on any atom is 0.357 e. The van der Waals surface area contributed by atoms with E-state index in [2.05, 4.69) is 0 Å². The van der Waals surface area contributed by atoms with Crippen molar-refractivity contribution in [2.45, 2.75) is 65.0 Å². The summed E-state index contributed by atoms with van der Waals surface area (Å²) in [5, 5.41) is 5.62. The minimum Gasteiger partial charge on any atom is -0.473 e. The predicted molar refractivity (Wildman–Crippen MR) is 122 cm³/mol. The number of carbonyl (C=O) groups is 2. The van der Waals surface area contributed by atoms with Crippen molar-refractivity contribution in [3.8, 4) is 17.0 Å². The van der Waals surface area contributed by atoms with Gasteiger partial charge in [0.15, 0.2) is 11.3 Å². The van der Waals surface area contributed by atoms with E-state index in [-0.39, 0.29) is 24.4 Å². The van der Waals surface area contributed by atoms with Gasteiger partial charge in [-0.15, -0.1) is 5.10 Å². The van der Waals surface area contributed by atoms with Gasteiger partial charge < -0.3 is 9.47 Å². The number of aldehydes is 1. The minimum absolute atomic E-state index is 0.0667. The van der Waals surface area contributed by atoms with E-state index in [4.69, 9.17) is 19.6 Å².